The number of carbonyl (C=O) groups is 2. The van der Waals surface area contributed by atoms with Crippen molar-refractivity contribution in [1.82, 2.24) is 15.1 Å². The largest absolute Gasteiger partial charge is 0.465 e. The molecule has 0 radical (unpaired) electrons. The molecule has 1 aromatic heterocycles. The van der Waals surface area contributed by atoms with Crippen LogP contribution in [0.4, 0.5) is 11.5 Å². The molecule has 1 heterocycles. The van der Waals surface area contributed by atoms with Gasteiger partial charge in [-0.2, -0.15) is 0 Å². The lowest BCUT2D eigenvalue weighted by Gasteiger charge is -2.20. The number of nitrogens with zero attached hydrogens (tertiary/aromatic N) is 3. The molecule has 0 bridgehead atoms. The van der Waals surface area contributed by atoms with E-state index in [1.807, 2.05) is 13.8 Å². The standard InChI is InChI=1S/C19H24N4O3/c1-4-11-23(12-5-2)18(24)16-9-10-17(22-21-16)20-15-8-6-7-14(13-15)19(25)26-3/h6-10,13H,4-5,11-12H2,1-3H3,(H,20,22). The lowest BCUT2D eigenvalue weighted by Crippen LogP contribution is -2.33. The third-order valence-corrected chi connectivity index (χ3v) is 3.71. The van der Waals surface area contributed by atoms with Crippen molar-refractivity contribution in [2.75, 3.05) is 25.5 Å². The summed E-state index contributed by atoms with van der Waals surface area (Å²) in [6.07, 6.45) is 1.80. The Labute approximate surface area is 153 Å². The molecule has 1 amide bonds. The van der Waals surface area contributed by atoms with E-state index in [2.05, 4.69) is 15.5 Å². The Balaban J connectivity index is 2.10. The van der Waals surface area contributed by atoms with E-state index in [1.165, 1.54) is 7.11 Å². The molecule has 0 unspecified atom stereocenters. The molecule has 7 heteroatoms. The molecular weight excluding hydrogens is 332 g/mol. The van der Waals surface area contributed by atoms with Crippen LogP contribution in [-0.2, 0) is 4.74 Å². The van der Waals surface area contributed by atoms with Gasteiger partial charge in [0, 0.05) is 18.8 Å². The van der Waals surface area contributed by atoms with Gasteiger partial charge in [-0.25, -0.2) is 4.79 Å². The van der Waals surface area contributed by atoms with Crippen LogP contribution in [0.3, 0.4) is 0 Å². The van der Waals surface area contributed by atoms with Gasteiger partial charge in [-0.3, -0.25) is 4.79 Å². The Morgan fingerprint density at radius 3 is 2.38 bits per heavy atom. The number of carbonyl (C=O) groups excluding carboxylic acids is 2. The minimum Gasteiger partial charge on any atom is -0.465 e. The summed E-state index contributed by atoms with van der Waals surface area (Å²) in [5, 5.41) is 11.2. The van der Waals surface area contributed by atoms with Crippen molar-refractivity contribution in [3.05, 3.63) is 47.7 Å². The predicted octanol–water partition coefficient (Wildman–Crippen LogP) is 3.27. The molecular formula is C19H24N4O3. The second-order valence-electron chi connectivity index (χ2n) is 5.79. The van der Waals surface area contributed by atoms with Crippen molar-refractivity contribution in [2.24, 2.45) is 0 Å². The monoisotopic (exact) mass is 356 g/mol. The maximum absolute atomic E-state index is 12.5. The number of methoxy groups -OCH3 is 1. The van der Waals surface area contributed by atoms with E-state index in [0.29, 0.717) is 35.9 Å². The van der Waals surface area contributed by atoms with E-state index in [1.54, 1.807) is 41.3 Å². The van der Waals surface area contributed by atoms with Crippen LogP contribution in [0.15, 0.2) is 36.4 Å². The van der Waals surface area contributed by atoms with E-state index >= 15 is 0 Å². The van der Waals surface area contributed by atoms with E-state index in [0.717, 1.165) is 12.8 Å². The number of aromatic nitrogens is 2. The number of benzene rings is 1. The summed E-state index contributed by atoms with van der Waals surface area (Å²) in [7, 11) is 1.34. The molecule has 1 aromatic carbocycles. The zero-order valence-corrected chi connectivity index (χ0v) is 15.4. The molecule has 7 nitrogen and oxygen atoms in total. The quantitative estimate of drug-likeness (QED) is 0.731. The third-order valence-electron chi connectivity index (χ3n) is 3.71. The molecule has 1 N–H and O–H groups in total. The van der Waals surface area contributed by atoms with Crippen LogP contribution in [0, 0.1) is 0 Å². The lowest BCUT2D eigenvalue weighted by atomic mass is 10.2. The minimum absolute atomic E-state index is 0.111. The normalized spacial score (nSPS) is 10.3. The molecule has 0 atom stereocenters. The van der Waals surface area contributed by atoms with Gasteiger partial charge in [0.15, 0.2) is 11.5 Å². The van der Waals surface area contributed by atoms with Gasteiger partial charge in [-0.1, -0.05) is 19.9 Å². The minimum atomic E-state index is -0.410. The molecule has 2 rings (SSSR count). The summed E-state index contributed by atoms with van der Waals surface area (Å²) in [6, 6.07) is 10.2. The zero-order valence-electron chi connectivity index (χ0n) is 15.4. The van der Waals surface area contributed by atoms with Gasteiger partial charge in [0.25, 0.3) is 5.91 Å². The molecule has 0 aliphatic carbocycles. The summed E-state index contributed by atoms with van der Waals surface area (Å²) >= 11 is 0. The topological polar surface area (TPSA) is 84.4 Å². The fourth-order valence-electron chi connectivity index (χ4n) is 2.52. The van der Waals surface area contributed by atoms with Crippen LogP contribution in [0.25, 0.3) is 0 Å². The van der Waals surface area contributed by atoms with Gasteiger partial charge >= 0.3 is 5.97 Å². The third kappa shape index (κ3) is 5.02. The molecule has 138 valence electrons. The van der Waals surface area contributed by atoms with Crippen LogP contribution in [0.2, 0.25) is 0 Å². The average Bonchev–Trinajstić information content (AvgIpc) is 2.67. The fourth-order valence-corrected chi connectivity index (χ4v) is 2.52. The first kappa shape index (κ1) is 19.4. The Bertz CT molecular complexity index is 741. The highest BCUT2D eigenvalue weighted by Crippen LogP contribution is 2.16. The summed E-state index contributed by atoms with van der Waals surface area (Å²) in [5.74, 6) is -0.0332. The smallest absolute Gasteiger partial charge is 0.337 e. The van der Waals surface area contributed by atoms with Crippen LogP contribution < -0.4 is 5.32 Å². The Kier molecular flexibility index (Phi) is 7.08. The maximum atomic E-state index is 12.5. The van der Waals surface area contributed by atoms with Crippen LogP contribution >= 0.6 is 0 Å². The van der Waals surface area contributed by atoms with E-state index in [9.17, 15) is 9.59 Å². The SMILES string of the molecule is CCCN(CCC)C(=O)c1ccc(Nc2cccc(C(=O)OC)c2)nn1. The average molecular weight is 356 g/mol. The first-order chi connectivity index (χ1) is 12.6. The van der Waals surface area contributed by atoms with Crippen molar-refractivity contribution in [3.63, 3.8) is 0 Å². The number of esters is 1. The summed E-state index contributed by atoms with van der Waals surface area (Å²) in [6.45, 7) is 5.48. The van der Waals surface area contributed by atoms with Crippen molar-refractivity contribution in [1.29, 1.82) is 0 Å². The Morgan fingerprint density at radius 1 is 1.08 bits per heavy atom. The first-order valence-corrected chi connectivity index (χ1v) is 8.67. The molecule has 0 fully saturated rings. The Morgan fingerprint density at radius 2 is 1.81 bits per heavy atom. The van der Waals surface area contributed by atoms with Gasteiger partial charge in [0.05, 0.1) is 12.7 Å². The number of nitrogens with one attached hydrogen (secondary N) is 1. The van der Waals surface area contributed by atoms with E-state index in [-0.39, 0.29) is 5.91 Å². The van der Waals surface area contributed by atoms with Gasteiger partial charge in [-0.15, -0.1) is 10.2 Å². The van der Waals surface area contributed by atoms with Crippen LogP contribution in [0.1, 0.15) is 47.5 Å². The number of hydrogen-bond acceptors (Lipinski definition) is 6. The summed E-state index contributed by atoms with van der Waals surface area (Å²) in [5.41, 5.74) is 1.44. The molecule has 2 aromatic rings. The lowest BCUT2D eigenvalue weighted by molar-refractivity contribution is 0.0600. The van der Waals surface area contributed by atoms with Crippen molar-refractivity contribution in [3.8, 4) is 0 Å². The second kappa shape index (κ2) is 9.50. The molecule has 0 aliphatic rings. The fraction of sp³-hybridized carbons (Fsp3) is 0.368. The zero-order chi connectivity index (χ0) is 18.9. The highest BCUT2D eigenvalue weighted by atomic mass is 16.5. The van der Waals surface area contributed by atoms with E-state index in [4.69, 9.17) is 4.74 Å². The van der Waals surface area contributed by atoms with Crippen molar-refractivity contribution >= 4 is 23.4 Å². The molecule has 0 aliphatic heterocycles. The second-order valence-corrected chi connectivity index (χ2v) is 5.79. The number of rotatable bonds is 8. The molecule has 26 heavy (non-hydrogen) atoms. The number of hydrogen-bond donors (Lipinski definition) is 1. The van der Waals surface area contributed by atoms with Gasteiger partial charge in [0.2, 0.25) is 0 Å². The number of amides is 1. The number of ether oxygens (including phenoxy) is 1. The highest BCUT2D eigenvalue weighted by Gasteiger charge is 2.16. The highest BCUT2D eigenvalue weighted by molar-refractivity contribution is 5.92. The van der Waals surface area contributed by atoms with E-state index < -0.39 is 5.97 Å². The first-order valence-electron chi connectivity index (χ1n) is 8.67. The Hall–Kier alpha value is -2.96. The van der Waals surface area contributed by atoms with Gasteiger partial charge in [-0.05, 0) is 43.2 Å². The van der Waals surface area contributed by atoms with Crippen molar-refractivity contribution < 1.29 is 14.3 Å². The maximum Gasteiger partial charge on any atom is 0.337 e. The van der Waals surface area contributed by atoms with Gasteiger partial charge in [0.1, 0.15) is 0 Å². The molecule has 0 spiro atoms. The molecule has 0 saturated heterocycles. The predicted molar refractivity (Wildman–Crippen MR) is 99.6 cm³/mol. The van der Waals surface area contributed by atoms with Crippen LogP contribution in [0.5, 0.6) is 0 Å². The van der Waals surface area contributed by atoms with Crippen molar-refractivity contribution in [2.45, 2.75) is 26.7 Å². The van der Waals surface area contributed by atoms with Crippen LogP contribution in [-0.4, -0.2) is 47.2 Å². The number of anilines is 2. The van der Waals surface area contributed by atoms with Gasteiger partial charge < -0.3 is 15.0 Å². The molecule has 0 saturated carbocycles. The summed E-state index contributed by atoms with van der Waals surface area (Å²) < 4.78 is 4.71. The summed E-state index contributed by atoms with van der Waals surface area (Å²) in [4.78, 5) is 25.9.